The van der Waals surface area contributed by atoms with Crippen LogP contribution in [0.4, 0.5) is 13.2 Å². The summed E-state index contributed by atoms with van der Waals surface area (Å²) in [5.41, 5.74) is 4.17. The summed E-state index contributed by atoms with van der Waals surface area (Å²) in [5.74, 6) is 0.0943. The summed E-state index contributed by atoms with van der Waals surface area (Å²) in [4.78, 5) is -0.302. The fourth-order valence-corrected chi connectivity index (χ4v) is 1.73. The first-order valence-corrected chi connectivity index (χ1v) is 5.83. The molecule has 0 spiro atoms. The molecule has 106 valence electrons. The number of methoxy groups -OCH3 is 1. The van der Waals surface area contributed by atoms with Gasteiger partial charge >= 0.3 is 6.18 Å². The lowest BCUT2D eigenvalue weighted by Crippen LogP contribution is -2.20. The van der Waals surface area contributed by atoms with Crippen LogP contribution in [0.2, 0.25) is 0 Å². The molecule has 0 aliphatic heterocycles. The molecule has 0 saturated heterocycles. The van der Waals surface area contributed by atoms with Crippen molar-refractivity contribution >= 4 is 17.2 Å². The lowest BCUT2D eigenvalue weighted by Gasteiger charge is -2.17. The van der Waals surface area contributed by atoms with Gasteiger partial charge < -0.3 is 15.2 Å². The van der Waals surface area contributed by atoms with Crippen LogP contribution >= 0.6 is 12.2 Å². The molecular weight excluding hydrogens is 279 g/mol. The average Bonchev–Trinajstić information content (AvgIpc) is 2.27. The second kappa shape index (κ2) is 6.21. The molecule has 1 unspecified atom stereocenters. The number of nitrogens with two attached hydrogens (primary N) is 1. The van der Waals surface area contributed by atoms with E-state index in [9.17, 15) is 13.2 Å². The first kappa shape index (κ1) is 15.7. The number of ether oxygens (including phenoxy) is 2. The Morgan fingerprint density at radius 1 is 1.42 bits per heavy atom. The molecular formula is C12H14F3NO2S. The van der Waals surface area contributed by atoms with Crippen LogP contribution in [0, 0.1) is 0 Å². The fourth-order valence-electron chi connectivity index (χ4n) is 1.55. The van der Waals surface area contributed by atoms with Gasteiger partial charge in [-0.1, -0.05) is 12.2 Å². The van der Waals surface area contributed by atoms with E-state index in [2.05, 4.69) is 12.2 Å². The SMILES string of the molecule is COCC(C)Oc1ccc(C(N)=S)c(C(F)(F)F)c1. The molecule has 0 aromatic heterocycles. The van der Waals surface area contributed by atoms with Gasteiger partial charge in [-0.25, -0.2) is 0 Å². The van der Waals surface area contributed by atoms with Gasteiger partial charge in [-0.05, 0) is 25.1 Å². The Bertz CT molecular complexity index is 463. The Labute approximate surface area is 114 Å². The van der Waals surface area contributed by atoms with Crippen molar-refractivity contribution in [3.05, 3.63) is 29.3 Å². The summed E-state index contributed by atoms with van der Waals surface area (Å²) >= 11 is 4.61. The zero-order chi connectivity index (χ0) is 14.6. The molecule has 0 bridgehead atoms. The van der Waals surface area contributed by atoms with Crippen molar-refractivity contribution in [1.29, 1.82) is 0 Å². The highest BCUT2D eigenvalue weighted by Crippen LogP contribution is 2.34. The van der Waals surface area contributed by atoms with Crippen molar-refractivity contribution < 1.29 is 22.6 Å². The molecule has 2 N–H and O–H groups in total. The van der Waals surface area contributed by atoms with Crippen LogP contribution in [0.1, 0.15) is 18.1 Å². The van der Waals surface area contributed by atoms with Gasteiger partial charge in [0.25, 0.3) is 0 Å². The van der Waals surface area contributed by atoms with Crippen molar-refractivity contribution in [1.82, 2.24) is 0 Å². The number of hydrogen-bond acceptors (Lipinski definition) is 3. The molecule has 0 saturated carbocycles. The summed E-state index contributed by atoms with van der Waals surface area (Å²) in [6.45, 7) is 1.97. The van der Waals surface area contributed by atoms with Crippen LogP contribution in [-0.4, -0.2) is 24.8 Å². The second-order valence-corrected chi connectivity index (χ2v) is 4.39. The number of hydrogen-bond donors (Lipinski definition) is 1. The number of benzene rings is 1. The van der Waals surface area contributed by atoms with Crippen molar-refractivity contribution in [2.24, 2.45) is 5.73 Å². The maximum atomic E-state index is 12.9. The molecule has 0 aliphatic rings. The van der Waals surface area contributed by atoms with Crippen LogP contribution in [0.25, 0.3) is 0 Å². The Kier molecular flexibility index (Phi) is 5.13. The maximum absolute atomic E-state index is 12.9. The van der Waals surface area contributed by atoms with Gasteiger partial charge in [0.05, 0.1) is 12.2 Å². The molecule has 7 heteroatoms. The monoisotopic (exact) mass is 293 g/mol. The van der Waals surface area contributed by atoms with Crippen LogP contribution in [0.5, 0.6) is 5.75 Å². The average molecular weight is 293 g/mol. The zero-order valence-electron chi connectivity index (χ0n) is 10.5. The topological polar surface area (TPSA) is 44.5 Å². The molecule has 0 heterocycles. The minimum Gasteiger partial charge on any atom is -0.488 e. The number of rotatable bonds is 5. The highest BCUT2D eigenvalue weighted by Gasteiger charge is 2.34. The third kappa shape index (κ3) is 4.36. The van der Waals surface area contributed by atoms with Crippen LogP contribution in [0.15, 0.2) is 18.2 Å². The smallest absolute Gasteiger partial charge is 0.417 e. The van der Waals surface area contributed by atoms with E-state index in [-0.39, 0.29) is 29.0 Å². The lowest BCUT2D eigenvalue weighted by atomic mass is 10.1. The molecule has 0 fully saturated rings. The first-order chi connectivity index (χ1) is 8.75. The van der Waals surface area contributed by atoms with Crippen molar-refractivity contribution in [3.63, 3.8) is 0 Å². The second-order valence-electron chi connectivity index (χ2n) is 3.95. The quantitative estimate of drug-likeness (QED) is 0.848. The molecule has 0 radical (unpaired) electrons. The summed E-state index contributed by atoms with van der Waals surface area (Å²) in [5, 5.41) is 0. The summed E-state index contributed by atoms with van der Waals surface area (Å²) < 4.78 is 48.8. The number of thiocarbonyl (C=S) groups is 1. The van der Waals surface area contributed by atoms with E-state index in [1.165, 1.54) is 19.2 Å². The third-order valence-electron chi connectivity index (χ3n) is 2.30. The van der Waals surface area contributed by atoms with E-state index in [1.807, 2.05) is 0 Å². The molecule has 1 rings (SSSR count). The van der Waals surface area contributed by atoms with Gasteiger partial charge in [-0.2, -0.15) is 13.2 Å². The molecule has 19 heavy (non-hydrogen) atoms. The van der Waals surface area contributed by atoms with Gasteiger partial charge in [0.2, 0.25) is 0 Å². The zero-order valence-corrected chi connectivity index (χ0v) is 11.3. The number of alkyl halides is 3. The molecule has 1 aromatic rings. The molecule has 1 atom stereocenters. The largest absolute Gasteiger partial charge is 0.488 e. The Morgan fingerprint density at radius 2 is 2.05 bits per heavy atom. The van der Waals surface area contributed by atoms with E-state index in [0.717, 1.165) is 6.07 Å². The standard InChI is InChI=1S/C12H14F3NO2S/c1-7(6-17-2)18-8-3-4-9(11(16)19)10(5-8)12(13,14)15/h3-5,7H,6H2,1-2H3,(H2,16,19). The Morgan fingerprint density at radius 3 is 2.53 bits per heavy atom. The minimum absolute atomic E-state index is 0.0943. The van der Waals surface area contributed by atoms with Crippen LogP contribution in [-0.2, 0) is 10.9 Å². The van der Waals surface area contributed by atoms with E-state index < -0.39 is 11.7 Å². The maximum Gasteiger partial charge on any atom is 0.417 e. The first-order valence-electron chi connectivity index (χ1n) is 5.42. The molecule has 1 aromatic carbocycles. The minimum atomic E-state index is -4.54. The van der Waals surface area contributed by atoms with Crippen molar-refractivity contribution in [3.8, 4) is 5.75 Å². The van der Waals surface area contributed by atoms with E-state index in [0.29, 0.717) is 0 Å². The summed E-state index contributed by atoms with van der Waals surface area (Å²) in [6, 6.07) is 3.50. The van der Waals surface area contributed by atoms with Gasteiger partial charge in [-0.15, -0.1) is 0 Å². The van der Waals surface area contributed by atoms with Crippen molar-refractivity contribution in [2.75, 3.05) is 13.7 Å². The summed E-state index contributed by atoms with van der Waals surface area (Å²) in [6.07, 6.45) is -4.90. The lowest BCUT2D eigenvalue weighted by molar-refractivity contribution is -0.137. The Hall–Kier alpha value is -1.34. The highest BCUT2D eigenvalue weighted by atomic mass is 32.1. The summed E-state index contributed by atoms with van der Waals surface area (Å²) in [7, 11) is 1.48. The fraction of sp³-hybridized carbons (Fsp3) is 0.417. The van der Waals surface area contributed by atoms with Gasteiger partial charge in [0, 0.05) is 12.7 Å². The molecule has 3 nitrogen and oxygen atoms in total. The predicted octanol–water partition coefficient (Wildman–Crippen LogP) is 2.75. The van der Waals surface area contributed by atoms with Gasteiger partial charge in [0.15, 0.2) is 0 Å². The highest BCUT2D eigenvalue weighted by molar-refractivity contribution is 7.80. The van der Waals surface area contributed by atoms with Crippen molar-refractivity contribution in [2.45, 2.75) is 19.2 Å². The van der Waals surface area contributed by atoms with Gasteiger partial charge in [0.1, 0.15) is 16.8 Å². The van der Waals surface area contributed by atoms with E-state index in [4.69, 9.17) is 15.2 Å². The molecule has 0 amide bonds. The third-order valence-corrected chi connectivity index (χ3v) is 2.52. The van der Waals surface area contributed by atoms with Gasteiger partial charge in [-0.3, -0.25) is 0 Å². The van der Waals surface area contributed by atoms with E-state index >= 15 is 0 Å². The normalized spacial score (nSPS) is 13.1. The van der Waals surface area contributed by atoms with Crippen LogP contribution in [0.3, 0.4) is 0 Å². The number of halogens is 3. The van der Waals surface area contributed by atoms with E-state index in [1.54, 1.807) is 6.92 Å². The van der Waals surface area contributed by atoms with Crippen LogP contribution < -0.4 is 10.5 Å². The predicted molar refractivity (Wildman–Crippen MR) is 69.3 cm³/mol. The molecule has 0 aliphatic carbocycles. The Balaban J connectivity index is 3.09.